The van der Waals surface area contributed by atoms with Crippen LogP contribution in [0.1, 0.15) is 128 Å². The van der Waals surface area contributed by atoms with E-state index < -0.39 is 37.6 Å². The zero-order valence-electron chi connectivity index (χ0n) is 79.0. The third-order valence-electron chi connectivity index (χ3n) is 25.5. The van der Waals surface area contributed by atoms with Crippen LogP contribution in [0.3, 0.4) is 0 Å². The fourth-order valence-corrected chi connectivity index (χ4v) is 17.6. The Balaban J connectivity index is 0.000000168. The fraction of sp³-hybridized carbons (Fsp3) is 0.449. The number of carbonyl (C=O) groups is 7. The highest BCUT2D eigenvalue weighted by Gasteiger charge is 2.35. The van der Waals surface area contributed by atoms with E-state index in [-0.39, 0.29) is 147 Å². The number of morpholine rings is 1. The molecule has 17 rings (SSSR count). The minimum Gasteiger partial charge on any atom is -0.434 e. The second-order valence-electron chi connectivity index (χ2n) is 35.7. The monoisotopic (exact) mass is 1950 g/mol. The number of rotatable bonds is 32. The molecule has 0 atom stereocenters. The fourth-order valence-electron chi connectivity index (χ4n) is 17.6. The molecule has 0 spiro atoms. The zero-order chi connectivity index (χ0) is 98.8. The summed E-state index contributed by atoms with van der Waals surface area (Å²) in [4.78, 5) is 120. The van der Waals surface area contributed by atoms with Crippen LogP contribution >= 0.6 is 0 Å². The van der Waals surface area contributed by atoms with E-state index in [0.29, 0.717) is 101 Å². The lowest BCUT2D eigenvalue weighted by molar-refractivity contribution is -0.134. The Morgan fingerprint density at radius 3 is 1.19 bits per heavy atom. The van der Waals surface area contributed by atoms with Gasteiger partial charge in [-0.15, -0.1) is 6.42 Å². The number of nitrogens with one attached hydrogen (secondary N) is 4. The quantitative estimate of drug-likeness (QED) is 0.0225. The van der Waals surface area contributed by atoms with Gasteiger partial charge in [-0.1, -0.05) is 52.3 Å². The van der Waals surface area contributed by atoms with Crippen molar-refractivity contribution in [3.8, 4) is 63.4 Å². The predicted molar refractivity (Wildman–Crippen MR) is 514 cm³/mol. The first-order chi connectivity index (χ1) is 67.5. The second-order valence-corrected chi connectivity index (χ2v) is 35.7. The number of nitrogens with zero attached hydrogens (tertiary/aromatic N) is 22. The van der Waals surface area contributed by atoms with Crippen LogP contribution in [0.4, 0.5) is 43.4 Å². The maximum atomic E-state index is 13.5. The first-order valence-electron chi connectivity index (χ1n) is 46.8. The summed E-state index contributed by atoms with van der Waals surface area (Å²) in [6, 6.07) is 20.3. The molecule has 0 radical (unpaired) electrons. The Hall–Kier alpha value is -14.2. The average molecular weight is 1950 g/mol. The normalized spacial score (nSPS) is 15.5. The first kappa shape index (κ1) is 103. The number of carbonyl (C=O) groups excluding carboxylic acids is 7. The summed E-state index contributed by atoms with van der Waals surface area (Å²) < 4.78 is 109. The molecule has 9 aromatic heterocycles. The van der Waals surface area contributed by atoms with Gasteiger partial charge in [0.15, 0.2) is 16.9 Å². The number of aryl methyl sites for hydroxylation is 3. The van der Waals surface area contributed by atoms with Gasteiger partial charge in [-0.2, -0.15) is 56.9 Å². The molecule has 7 amide bonds. The summed E-state index contributed by atoms with van der Waals surface area (Å²) in [6.45, 7) is 12.9. The molecule has 0 unspecified atom stereocenters. The van der Waals surface area contributed by atoms with Crippen LogP contribution < -0.4 is 35.5 Å². The number of piperidine rings is 3. The predicted octanol–water partition coefficient (Wildman–Crippen LogP) is 11.2. The Kier molecular flexibility index (Phi) is 34.3. The Labute approximate surface area is 811 Å². The number of likely N-dealkylation sites (tertiary alicyclic amines) is 3. The van der Waals surface area contributed by atoms with Crippen molar-refractivity contribution in [3.05, 3.63) is 181 Å². The second kappa shape index (κ2) is 47.2. The maximum absolute atomic E-state index is 13.5. The number of terminal acetylenes is 1. The highest BCUT2D eigenvalue weighted by Crippen LogP contribution is 2.41. The largest absolute Gasteiger partial charge is 0.434 e. The van der Waals surface area contributed by atoms with Gasteiger partial charge in [-0.05, 0) is 149 Å². The molecule has 14 heterocycles. The lowest BCUT2D eigenvalue weighted by Crippen LogP contribution is -2.51. The van der Waals surface area contributed by atoms with Crippen molar-refractivity contribution in [3.63, 3.8) is 0 Å². The SMILES string of the molecule is C.C#CC(C)(C)CNC1CCN(C(=O)Cn2cc(NC(=O)c3cnn4cccnc34)c(-c3cc(CC)ccc3OC(F)F)n2)CC1.CCc1ccc(OC(F)F)c(-c2nn(CC(=O)N3CCC(CN4CCN(CC(=O)N(C)C)CC4)CC3)cc2NC(=O)c2cnn3cccnc23)c1.CCc1ccc(OC(F)F)c(-c2nn(CC(=O)N3CCC(N4CCOCC4)CC3)cc2NC(=O)c2cnn3cccnc23)c1. The number of ether oxygens (including phenoxy) is 4. The summed E-state index contributed by atoms with van der Waals surface area (Å²) in [5.74, 6) is 1.12. The molecule has 5 fully saturated rings. The number of alkyl halides is 6. The van der Waals surface area contributed by atoms with Crippen molar-refractivity contribution < 1.29 is 78.9 Å². The molecule has 0 bridgehead atoms. The van der Waals surface area contributed by atoms with Gasteiger partial charge in [-0.3, -0.25) is 57.4 Å². The van der Waals surface area contributed by atoms with Gasteiger partial charge in [0.25, 0.3) is 17.7 Å². The summed E-state index contributed by atoms with van der Waals surface area (Å²) in [6.07, 6.45) is 31.0. The number of aromatic nitrogens is 15. The lowest BCUT2D eigenvalue weighted by atomic mass is 9.93. The molecule has 5 aliphatic rings. The Morgan fingerprint density at radius 1 is 0.489 bits per heavy atom. The number of piperazine rings is 1. The first-order valence-corrected chi connectivity index (χ1v) is 46.8. The van der Waals surface area contributed by atoms with Gasteiger partial charge in [0, 0.05) is 196 Å². The minimum atomic E-state index is -3.07. The highest BCUT2D eigenvalue weighted by atomic mass is 19.3. The minimum absolute atomic E-state index is 0. The van der Waals surface area contributed by atoms with Gasteiger partial charge in [-0.25, -0.2) is 28.5 Å². The van der Waals surface area contributed by atoms with Gasteiger partial charge in [0.1, 0.15) is 70.7 Å². The number of anilines is 3. The van der Waals surface area contributed by atoms with E-state index in [2.05, 4.69) is 87.4 Å². The number of likely N-dealkylation sites (N-methyl/N-ethyl adjacent to an activating group) is 1. The van der Waals surface area contributed by atoms with Crippen molar-refractivity contribution in [2.24, 2.45) is 11.3 Å². The molecule has 5 saturated heterocycles. The molecular weight excluding hydrogens is 1830 g/mol. The van der Waals surface area contributed by atoms with Crippen molar-refractivity contribution in [1.29, 1.82) is 0 Å². The number of halogens is 6. The Morgan fingerprint density at radius 2 is 0.844 bits per heavy atom. The molecular formula is C98H118F6N26O11. The molecule has 12 aromatic rings. The van der Waals surface area contributed by atoms with E-state index in [9.17, 15) is 59.9 Å². The van der Waals surface area contributed by atoms with Crippen LogP contribution in [0, 0.1) is 23.7 Å². The molecule has 0 saturated carbocycles. The van der Waals surface area contributed by atoms with Gasteiger partial charge < -0.3 is 64.7 Å². The number of fused-ring (bicyclic) bond motifs is 3. The topological polar surface area (TPSA) is 371 Å². The van der Waals surface area contributed by atoms with Crippen molar-refractivity contribution >= 4 is 75.4 Å². The van der Waals surface area contributed by atoms with Crippen molar-refractivity contribution in [1.82, 2.24) is 113 Å². The molecule has 141 heavy (non-hydrogen) atoms. The smallest absolute Gasteiger partial charge is 0.387 e. The molecule has 0 aliphatic carbocycles. The molecule has 5 aliphatic heterocycles. The van der Waals surface area contributed by atoms with E-state index in [1.165, 1.54) is 83.0 Å². The standard InChI is InChI=1S/C35H44F2N10O4.C32H36F2N8O3.C30H34F2N8O4.CH4/c1-4-24-6-7-29(51-35(36)37)26(18-24)32-28(40-34(50)27-19-39-47-11-5-10-38-33(27)47)21-46(41-32)23-31(49)45-12-8-25(9-13-45)20-43-14-16-44(17-15-43)22-30(48)42(2)3;1-5-21-8-9-26(45-31(33)34)23(16-21)28-25(38-30(44)24-17-37-42-13-7-12-35-29(24)42)18-41(39-28)19-27(43)40-14-10-22(11-15-40)36-20-32(3,4)6-2;1-2-20-4-5-25(44-30(31)32)22(16-20)27-24(35-29(42)23-17-34-40-9-3-8-33-28(23)40)18-39(36-27)19-26(41)38-10-6-21(7-11-38)37-12-14-43-15-13-37;/h5-7,10-11,18-19,21,25,35H,4,8-9,12-17,20,22-23H2,1-3H3,(H,40,50);2,7-9,12-13,16-18,22,31,36H,5,10-11,14-15,19-20H2,1,3-4H3,(H,38,44);3-5,8-9,16-18,21,30H,2,6-7,10-15,19H2,1H3,(H,35,42);1H4. The molecule has 748 valence electrons. The van der Waals surface area contributed by atoms with Crippen molar-refractivity contribution in [2.45, 2.75) is 151 Å². The van der Waals surface area contributed by atoms with Crippen LogP contribution in [-0.4, -0.2) is 306 Å². The maximum Gasteiger partial charge on any atom is 0.387 e. The van der Waals surface area contributed by atoms with E-state index in [1.54, 1.807) is 116 Å². The molecule has 43 heteroatoms. The summed E-state index contributed by atoms with van der Waals surface area (Å²) in [5, 5.41) is 38.4. The van der Waals surface area contributed by atoms with Crippen LogP contribution in [0.2, 0.25) is 0 Å². The van der Waals surface area contributed by atoms with E-state index in [0.717, 1.165) is 114 Å². The van der Waals surface area contributed by atoms with E-state index in [4.69, 9.17) is 25.4 Å². The molecule has 3 aromatic carbocycles. The number of hydrogen-bond donors (Lipinski definition) is 4. The summed E-state index contributed by atoms with van der Waals surface area (Å²) in [7, 11) is 3.55. The van der Waals surface area contributed by atoms with Crippen LogP contribution in [0.5, 0.6) is 17.2 Å². The zero-order valence-corrected chi connectivity index (χ0v) is 79.0. The van der Waals surface area contributed by atoms with E-state index in [1.807, 2.05) is 44.4 Å². The third kappa shape index (κ3) is 26.1. The number of amides is 7. The Bertz CT molecular complexity index is 6390. The van der Waals surface area contributed by atoms with Gasteiger partial charge in [0.05, 0.1) is 55.4 Å². The third-order valence-corrected chi connectivity index (χ3v) is 25.5. The summed E-state index contributed by atoms with van der Waals surface area (Å²) in [5.41, 5.74) is 6.03. The van der Waals surface area contributed by atoms with E-state index >= 15 is 0 Å². The van der Waals surface area contributed by atoms with Gasteiger partial charge >= 0.3 is 19.8 Å². The van der Waals surface area contributed by atoms with Crippen LogP contribution in [0.25, 0.3) is 50.7 Å². The average Bonchev–Trinajstić information content (AvgIpc) is 1.65. The lowest BCUT2D eigenvalue weighted by Gasteiger charge is -2.40. The highest BCUT2D eigenvalue weighted by molar-refractivity contribution is 6.11. The van der Waals surface area contributed by atoms with Crippen LogP contribution in [0.15, 0.2) is 147 Å². The van der Waals surface area contributed by atoms with Gasteiger partial charge in [0.2, 0.25) is 23.6 Å². The molecule has 37 nitrogen and oxygen atoms in total. The van der Waals surface area contributed by atoms with Crippen molar-refractivity contribution in [2.75, 3.05) is 141 Å². The number of benzene rings is 3. The summed E-state index contributed by atoms with van der Waals surface area (Å²) >= 11 is 0. The number of hydrogen-bond acceptors (Lipinski definition) is 24. The molecule has 4 N–H and O–H groups in total. The van der Waals surface area contributed by atoms with Crippen LogP contribution in [-0.2, 0) is 62.8 Å².